The van der Waals surface area contributed by atoms with Crippen LogP contribution in [0.2, 0.25) is 0 Å². The van der Waals surface area contributed by atoms with Gasteiger partial charge in [-0.1, -0.05) is 0 Å². The first kappa shape index (κ1) is 4.51. The van der Waals surface area contributed by atoms with Gasteiger partial charge in [0.1, 0.15) is 0 Å². The molecule has 0 aliphatic heterocycles. The van der Waals surface area contributed by atoms with Crippen molar-refractivity contribution in [1.29, 1.82) is 0 Å². The SMILES string of the molecule is CCC#I. The third-order valence-corrected chi connectivity index (χ3v) is 0.896. The summed E-state index contributed by atoms with van der Waals surface area (Å²) in [6, 6.07) is 0. The molecule has 0 unspecified atom stereocenters. The zero-order valence-electron chi connectivity index (χ0n) is 2.59. The van der Waals surface area contributed by atoms with E-state index in [1.54, 1.807) is 0 Å². The van der Waals surface area contributed by atoms with Crippen molar-refractivity contribution < 1.29 is 0 Å². The molecule has 0 saturated heterocycles. The Labute approximate surface area is 39.4 Å². The summed E-state index contributed by atoms with van der Waals surface area (Å²) in [6.07, 6.45) is 1.06. The molecule has 0 N–H and O–H groups in total. The van der Waals surface area contributed by atoms with E-state index in [4.69, 9.17) is 0 Å². The van der Waals surface area contributed by atoms with Crippen molar-refractivity contribution in [2.75, 3.05) is 0 Å². The van der Waals surface area contributed by atoms with Gasteiger partial charge in [-0.2, -0.15) is 0 Å². The average molecular weight is 168 g/mol. The number of hydrogen-bond donors (Lipinski definition) is 0. The van der Waals surface area contributed by atoms with Crippen LogP contribution in [0.15, 0.2) is 0 Å². The van der Waals surface area contributed by atoms with Crippen molar-refractivity contribution in [3.05, 3.63) is 0 Å². The summed E-state index contributed by atoms with van der Waals surface area (Å²) in [7, 11) is 0. The van der Waals surface area contributed by atoms with Gasteiger partial charge in [-0.3, -0.25) is 0 Å². The van der Waals surface area contributed by atoms with Crippen LogP contribution in [0.4, 0.5) is 0 Å². The molecule has 0 spiro atoms. The van der Waals surface area contributed by atoms with Crippen LogP contribution in [-0.2, 0) is 0 Å². The van der Waals surface area contributed by atoms with Gasteiger partial charge in [0.15, 0.2) is 0 Å². The maximum atomic E-state index is 2.90. The van der Waals surface area contributed by atoms with Gasteiger partial charge in [0.2, 0.25) is 0 Å². The molecule has 0 rings (SSSR count). The van der Waals surface area contributed by atoms with Gasteiger partial charge in [0, 0.05) is 0 Å². The van der Waals surface area contributed by atoms with Gasteiger partial charge >= 0.3 is 39.1 Å². The van der Waals surface area contributed by atoms with Gasteiger partial charge in [0.25, 0.3) is 0 Å². The van der Waals surface area contributed by atoms with Crippen LogP contribution >= 0.6 is 21.9 Å². The predicted octanol–water partition coefficient (Wildman–Crippen LogP) is 1.79. The summed E-state index contributed by atoms with van der Waals surface area (Å²) < 4.78 is 2.90. The Morgan fingerprint density at radius 3 is 2.25 bits per heavy atom. The summed E-state index contributed by atoms with van der Waals surface area (Å²) in [5.74, 6) is 0. The van der Waals surface area contributed by atoms with Crippen molar-refractivity contribution in [2.45, 2.75) is 13.3 Å². The van der Waals surface area contributed by atoms with Crippen LogP contribution < -0.4 is 0 Å². The monoisotopic (exact) mass is 168 g/mol. The number of rotatable bonds is 0. The fourth-order valence-electron chi connectivity index (χ4n) is 0. The van der Waals surface area contributed by atoms with Gasteiger partial charge in [-0.05, 0) is 0 Å². The maximum absolute atomic E-state index is 2.90. The summed E-state index contributed by atoms with van der Waals surface area (Å²) >= 11 is 2.10. The van der Waals surface area contributed by atoms with Crippen LogP contribution in [0.1, 0.15) is 13.3 Å². The Kier molecular flexibility index (Phi) is 3.96. The summed E-state index contributed by atoms with van der Waals surface area (Å²) in [5, 5.41) is 0. The predicted molar refractivity (Wildman–Crippen MR) is 28.2 cm³/mol. The Bertz CT molecular complexity index is 33.0. The zero-order chi connectivity index (χ0) is 3.41. The molecule has 0 aromatic rings. The van der Waals surface area contributed by atoms with Crippen molar-refractivity contribution in [1.82, 2.24) is 0 Å². The molecule has 0 fully saturated rings. The fraction of sp³-hybridized carbons (Fsp3) is 0.667. The first-order valence-corrected chi connectivity index (χ1v) is 2.33. The van der Waals surface area contributed by atoms with Crippen molar-refractivity contribution >= 4 is 21.9 Å². The Morgan fingerprint density at radius 2 is 2.25 bits per heavy atom. The summed E-state index contributed by atoms with van der Waals surface area (Å²) in [4.78, 5) is 0. The first-order valence-electron chi connectivity index (χ1n) is 1.25. The van der Waals surface area contributed by atoms with Gasteiger partial charge < -0.3 is 0 Å². The molecule has 0 atom stereocenters. The van der Waals surface area contributed by atoms with Crippen LogP contribution in [-0.4, -0.2) is 0 Å². The molecule has 0 bridgehead atoms. The molecule has 1 heteroatoms. The molecule has 0 saturated carbocycles. The van der Waals surface area contributed by atoms with E-state index in [0.29, 0.717) is 0 Å². The third-order valence-electron chi connectivity index (χ3n) is 0.134. The standard InChI is InChI=1S/C3H5I/c1-2-3-4/h2H2,1H3. The minimum atomic E-state index is 1.06. The van der Waals surface area contributed by atoms with E-state index in [2.05, 4.69) is 32.6 Å². The molecule has 0 aromatic heterocycles. The van der Waals surface area contributed by atoms with Crippen LogP contribution in [0.25, 0.3) is 0 Å². The summed E-state index contributed by atoms with van der Waals surface area (Å²) in [5.41, 5.74) is 0. The van der Waals surface area contributed by atoms with Crippen LogP contribution in [0.3, 0.4) is 0 Å². The molecular weight excluding hydrogens is 163 g/mol. The second-order valence-corrected chi connectivity index (χ2v) is 1.25. The second kappa shape index (κ2) is 3.51. The number of halogens is 1. The average Bonchev–Trinajstić information content (AvgIpc) is 1.37. The molecule has 0 radical (unpaired) electrons. The molecule has 0 nitrogen and oxygen atoms in total. The van der Waals surface area contributed by atoms with E-state index in [1.165, 1.54) is 0 Å². The Hall–Kier alpha value is 0.510. The topological polar surface area (TPSA) is 0 Å². The van der Waals surface area contributed by atoms with E-state index in [0.717, 1.165) is 6.42 Å². The van der Waals surface area contributed by atoms with Gasteiger partial charge in [-0.15, -0.1) is 0 Å². The molecule has 4 heavy (non-hydrogen) atoms. The fourth-order valence-corrected chi connectivity index (χ4v) is 0. The van der Waals surface area contributed by atoms with E-state index < -0.39 is 0 Å². The van der Waals surface area contributed by atoms with E-state index in [1.807, 2.05) is 0 Å². The Balaban J connectivity index is 2.43. The van der Waals surface area contributed by atoms with Crippen molar-refractivity contribution in [3.8, 4) is 3.81 Å². The molecule has 0 heterocycles. The molecule has 0 amide bonds. The molecule has 0 aromatic carbocycles. The van der Waals surface area contributed by atoms with E-state index >= 15 is 0 Å². The molecular formula is C3H5I. The zero-order valence-corrected chi connectivity index (χ0v) is 4.74. The van der Waals surface area contributed by atoms with E-state index in [-0.39, 0.29) is 0 Å². The van der Waals surface area contributed by atoms with E-state index in [9.17, 15) is 0 Å². The third kappa shape index (κ3) is 2.51. The van der Waals surface area contributed by atoms with Crippen molar-refractivity contribution in [2.24, 2.45) is 0 Å². The normalized spacial score (nSPS) is 5.25. The summed E-state index contributed by atoms with van der Waals surface area (Å²) in [6.45, 7) is 2.06. The minimum absolute atomic E-state index is 1.06. The van der Waals surface area contributed by atoms with Crippen LogP contribution in [0.5, 0.6) is 0 Å². The molecule has 24 valence electrons. The second-order valence-electron chi connectivity index (χ2n) is 0.487. The number of hydrogen-bond acceptors (Lipinski definition) is 0. The Morgan fingerprint density at radius 1 is 2.00 bits per heavy atom. The van der Waals surface area contributed by atoms with Crippen LogP contribution in [0, 0.1) is 3.81 Å². The quantitative estimate of drug-likeness (QED) is 0.483. The van der Waals surface area contributed by atoms with Gasteiger partial charge in [-0.25, -0.2) is 0 Å². The molecule has 0 aliphatic carbocycles. The molecule has 0 aliphatic rings. The van der Waals surface area contributed by atoms with Gasteiger partial charge in [0.05, 0.1) is 0 Å². The first-order chi connectivity index (χ1) is 1.91. The van der Waals surface area contributed by atoms with Crippen molar-refractivity contribution in [3.63, 3.8) is 0 Å².